The lowest BCUT2D eigenvalue weighted by Crippen LogP contribution is -2.49. The highest BCUT2D eigenvalue weighted by atomic mass is 32.2. The van der Waals surface area contributed by atoms with Gasteiger partial charge in [-0.2, -0.15) is 0 Å². The van der Waals surface area contributed by atoms with Gasteiger partial charge in [0.2, 0.25) is 11.8 Å². The van der Waals surface area contributed by atoms with Crippen LogP contribution < -0.4 is 5.32 Å². The normalized spacial score (nSPS) is 12.8. The monoisotopic (exact) mass is 426 g/mol. The molecule has 0 radical (unpaired) electrons. The molecule has 1 N–H and O–H groups in total. The molecule has 0 aromatic heterocycles. The Bertz CT molecular complexity index is 818. The van der Waals surface area contributed by atoms with Crippen molar-refractivity contribution in [2.75, 3.05) is 5.75 Å². The Hall–Kier alpha value is -2.27. The number of nitrogens with zero attached hydrogens (tertiary/aromatic N) is 1. The van der Waals surface area contributed by atoms with Crippen molar-refractivity contribution in [2.24, 2.45) is 0 Å². The molecular weight excluding hydrogens is 392 g/mol. The largest absolute Gasteiger partial charge is 0.352 e. The first kappa shape index (κ1) is 24.0. The molecule has 0 spiro atoms. The number of amides is 2. The molecule has 0 unspecified atom stereocenters. The van der Waals surface area contributed by atoms with Gasteiger partial charge in [0.25, 0.3) is 0 Å². The Morgan fingerprint density at radius 2 is 1.53 bits per heavy atom. The number of thioether (sulfide) groups is 1. The first-order valence-electron chi connectivity index (χ1n) is 10.6. The minimum absolute atomic E-state index is 0.00184. The number of carbonyl (C=O) groups excluding carboxylic acids is 2. The Morgan fingerprint density at radius 1 is 0.967 bits per heavy atom. The molecule has 2 rings (SSSR count). The van der Waals surface area contributed by atoms with Crippen molar-refractivity contribution in [3.63, 3.8) is 0 Å². The molecule has 0 saturated heterocycles. The van der Waals surface area contributed by atoms with E-state index in [9.17, 15) is 9.59 Å². The van der Waals surface area contributed by atoms with E-state index in [0.29, 0.717) is 18.7 Å². The SMILES string of the molecule is CC[C@H](C)NC(=O)[C@@H](C)N(Cc1ccc(C)cc1)C(=O)CCSc1ccc(C)cc1. The lowest BCUT2D eigenvalue weighted by Gasteiger charge is -2.29. The van der Waals surface area contributed by atoms with Gasteiger partial charge < -0.3 is 10.2 Å². The van der Waals surface area contributed by atoms with Crippen molar-refractivity contribution < 1.29 is 9.59 Å². The molecule has 30 heavy (non-hydrogen) atoms. The fraction of sp³-hybridized carbons (Fsp3) is 0.440. The van der Waals surface area contributed by atoms with Crippen molar-refractivity contribution in [1.82, 2.24) is 10.2 Å². The van der Waals surface area contributed by atoms with E-state index in [2.05, 4.69) is 36.5 Å². The third-order valence-corrected chi connectivity index (χ3v) is 6.26. The van der Waals surface area contributed by atoms with Crippen LogP contribution in [-0.4, -0.2) is 34.6 Å². The number of aryl methyl sites for hydroxylation is 2. The van der Waals surface area contributed by atoms with Crippen LogP contribution in [0.5, 0.6) is 0 Å². The fourth-order valence-electron chi connectivity index (χ4n) is 2.97. The standard InChI is InChI=1S/C25H34N2O2S/c1-6-20(4)26-25(29)21(5)27(17-22-11-7-18(2)8-12-22)24(28)15-16-30-23-13-9-19(3)10-14-23/h7-14,20-21H,6,15-17H2,1-5H3,(H,26,29)/t20-,21+/m0/s1. The molecule has 0 bridgehead atoms. The highest BCUT2D eigenvalue weighted by Gasteiger charge is 2.26. The number of benzene rings is 2. The summed E-state index contributed by atoms with van der Waals surface area (Å²) in [5, 5.41) is 3.01. The van der Waals surface area contributed by atoms with Crippen LogP contribution in [-0.2, 0) is 16.1 Å². The van der Waals surface area contributed by atoms with Crippen LogP contribution in [0.2, 0.25) is 0 Å². The van der Waals surface area contributed by atoms with Gasteiger partial charge in [-0.05, 0) is 51.8 Å². The number of carbonyl (C=O) groups is 2. The second-order valence-corrected chi connectivity index (χ2v) is 9.08. The molecule has 5 heteroatoms. The summed E-state index contributed by atoms with van der Waals surface area (Å²) in [5.41, 5.74) is 3.43. The predicted octanol–water partition coefficient (Wildman–Crippen LogP) is 5.12. The van der Waals surface area contributed by atoms with Crippen LogP contribution >= 0.6 is 11.8 Å². The summed E-state index contributed by atoms with van der Waals surface area (Å²) < 4.78 is 0. The molecule has 162 valence electrons. The lowest BCUT2D eigenvalue weighted by molar-refractivity contribution is -0.140. The maximum atomic E-state index is 13.1. The molecule has 0 fully saturated rings. The number of rotatable bonds is 10. The minimum atomic E-state index is -0.517. The summed E-state index contributed by atoms with van der Waals surface area (Å²) in [6, 6.07) is 16.0. The van der Waals surface area contributed by atoms with E-state index in [4.69, 9.17) is 0 Å². The van der Waals surface area contributed by atoms with Gasteiger partial charge in [0.05, 0.1) is 0 Å². The molecule has 2 amide bonds. The smallest absolute Gasteiger partial charge is 0.242 e. The third-order valence-electron chi connectivity index (χ3n) is 5.25. The summed E-state index contributed by atoms with van der Waals surface area (Å²) in [5.74, 6) is 0.587. The van der Waals surface area contributed by atoms with Gasteiger partial charge in [-0.1, -0.05) is 54.4 Å². The Balaban J connectivity index is 2.06. The molecule has 2 aromatic carbocycles. The summed E-state index contributed by atoms with van der Waals surface area (Å²) in [7, 11) is 0. The van der Waals surface area contributed by atoms with Crippen LogP contribution in [0.4, 0.5) is 0 Å². The maximum absolute atomic E-state index is 13.1. The zero-order chi connectivity index (χ0) is 22.1. The van der Waals surface area contributed by atoms with Crippen LogP contribution in [0, 0.1) is 13.8 Å². The van der Waals surface area contributed by atoms with Gasteiger partial charge in [0, 0.05) is 29.7 Å². The molecule has 2 aromatic rings. The van der Waals surface area contributed by atoms with Crippen molar-refractivity contribution >= 4 is 23.6 Å². The van der Waals surface area contributed by atoms with Crippen molar-refractivity contribution in [1.29, 1.82) is 0 Å². The quantitative estimate of drug-likeness (QED) is 0.537. The summed E-state index contributed by atoms with van der Waals surface area (Å²) >= 11 is 1.67. The maximum Gasteiger partial charge on any atom is 0.242 e. The molecule has 2 atom stereocenters. The highest BCUT2D eigenvalue weighted by molar-refractivity contribution is 7.99. The molecule has 0 saturated carbocycles. The number of hydrogen-bond donors (Lipinski definition) is 1. The van der Waals surface area contributed by atoms with Gasteiger partial charge in [0.15, 0.2) is 0 Å². The van der Waals surface area contributed by atoms with E-state index in [1.54, 1.807) is 16.7 Å². The van der Waals surface area contributed by atoms with E-state index in [1.807, 2.05) is 52.0 Å². The first-order valence-corrected chi connectivity index (χ1v) is 11.6. The highest BCUT2D eigenvalue weighted by Crippen LogP contribution is 2.20. The van der Waals surface area contributed by atoms with Crippen molar-refractivity contribution in [3.05, 3.63) is 65.2 Å². The van der Waals surface area contributed by atoms with E-state index in [1.165, 1.54) is 11.1 Å². The average molecular weight is 427 g/mol. The zero-order valence-electron chi connectivity index (χ0n) is 18.8. The second kappa shape index (κ2) is 11.8. The van der Waals surface area contributed by atoms with Crippen LogP contribution in [0.25, 0.3) is 0 Å². The van der Waals surface area contributed by atoms with Crippen LogP contribution in [0.1, 0.15) is 50.3 Å². The van der Waals surface area contributed by atoms with E-state index < -0.39 is 6.04 Å². The summed E-state index contributed by atoms with van der Waals surface area (Å²) in [6.07, 6.45) is 1.25. The Kier molecular flexibility index (Phi) is 9.44. The molecule has 4 nitrogen and oxygen atoms in total. The average Bonchev–Trinajstić information content (AvgIpc) is 2.74. The van der Waals surface area contributed by atoms with Gasteiger partial charge in [-0.3, -0.25) is 9.59 Å². The third kappa shape index (κ3) is 7.52. The lowest BCUT2D eigenvalue weighted by atomic mass is 10.1. The molecule has 0 aliphatic rings. The van der Waals surface area contributed by atoms with Gasteiger partial charge in [0.1, 0.15) is 6.04 Å². The van der Waals surface area contributed by atoms with Gasteiger partial charge >= 0.3 is 0 Å². The minimum Gasteiger partial charge on any atom is -0.352 e. The Labute approximate surface area is 185 Å². The van der Waals surface area contributed by atoms with Crippen LogP contribution in [0.3, 0.4) is 0 Å². The first-order chi connectivity index (χ1) is 14.3. The van der Waals surface area contributed by atoms with Gasteiger partial charge in [-0.15, -0.1) is 11.8 Å². The summed E-state index contributed by atoms with van der Waals surface area (Å²) in [6.45, 7) is 10.4. The topological polar surface area (TPSA) is 49.4 Å². The summed E-state index contributed by atoms with van der Waals surface area (Å²) in [4.78, 5) is 28.7. The van der Waals surface area contributed by atoms with E-state index in [0.717, 1.165) is 16.9 Å². The zero-order valence-corrected chi connectivity index (χ0v) is 19.6. The number of nitrogens with one attached hydrogen (secondary N) is 1. The molecular formula is C25H34N2O2S. The second-order valence-electron chi connectivity index (χ2n) is 7.91. The van der Waals surface area contributed by atoms with Crippen molar-refractivity contribution in [2.45, 2.75) is 71.0 Å². The van der Waals surface area contributed by atoms with Crippen LogP contribution in [0.15, 0.2) is 53.4 Å². The fourth-order valence-corrected chi connectivity index (χ4v) is 3.81. The van der Waals surface area contributed by atoms with E-state index >= 15 is 0 Å². The Morgan fingerprint density at radius 3 is 2.10 bits per heavy atom. The predicted molar refractivity (Wildman–Crippen MR) is 126 cm³/mol. The van der Waals surface area contributed by atoms with Crippen molar-refractivity contribution in [3.8, 4) is 0 Å². The number of hydrogen-bond acceptors (Lipinski definition) is 3. The van der Waals surface area contributed by atoms with E-state index in [-0.39, 0.29) is 17.9 Å². The molecule has 0 aliphatic carbocycles. The molecule has 0 heterocycles. The molecule has 0 aliphatic heterocycles. The van der Waals surface area contributed by atoms with Gasteiger partial charge in [-0.25, -0.2) is 0 Å².